The van der Waals surface area contributed by atoms with Crippen LogP contribution in [0.25, 0.3) is 10.2 Å². The van der Waals surface area contributed by atoms with Crippen molar-refractivity contribution < 1.29 is 4.79 Å². The van der Waals surface area contributed by atoms with E-state index in [2.05, 4.69) is 0 Å². The maximum Gasteiger partial charge on any atom is 0.263 e. The van der Waals surface area contributed by atoms with Crippen molar-refractivity contribution in [3.63, 3.8) is 0 Å². The average molecular weight is 380 g/mol. The second kappa shape index (κ2) is 7.50. The van der Waals surface area contributed by atoms with Crippen LogP contribution in [-0.4, -0.2) is 38.7 Å². The van der Waals surface area contributed by atoms with Crippen LogP contribution in [0.4, 0.5) is 0 Å². The molecule has 0 unspecified atom stereocenters. The molecule has 1 saturated heterocycles. The van der Waals surface area contributed by atoms with Crippen LogP contribution in [0.2, 0.25) is 0 Å². The lowest BCUT2D eigenvalue weighted by atomic mass is 10.1. The van der Waals surface area contributed by atoms with Crippen LogP contribution in [-0.2, 0) is 11.3 Å². The van der Waals surface area contributed by atoms with E-state index in [1.807, 2.05) is 32.6 Å². The standard InChI is InChI=1S/C18H25N3O2S2/c1-5-21-17(23)14-11(2)12(3)24-15(14)19-18(21)25-13(4)16(22)20-9-7-6-8-10-20/h13H,5-10H2,1-4H3/t13-/m1/s1. The normalized spacial score (nSPS) is 16.4. The molecule has 0 aromatic carbocycles. The maximum atomic E-state index is 12.9. The predicted molar refractivity (Wildman–Crippen MR) is 105 cm³/mol. The highest BCUT2D eigenvalue weighted by Gasteiger charge is 2.25. The number of piperidine rings is 1. The quantitative estimate of drug-likeness (QED) is 0.602. The monoisotopic (exact) mass is 379 g/mol. The zero-order valence-corrected chi connectivity index (χ0v) is 16.9. The molecule has 0 aliphatic carbocycles. The summed E-state index contributed by atoms with van der Waals surface area (Å²) in [6, 6.07) is 0. The van der Waals surface area contributed by atoms with Crippen LogP contribution in [0.1, 0.15) is 43.6 Å². The third kappa shape index (κ3) is 3.49. The second-order valence-electron chi connectivity index (χ2n) is 6.55. The van der Waals surface area contributed by atoms with Gasteiger partial charge in [0.05, 0.1) is 10.6 Å². The average Bonchev–Trinajstić information content (AvgIpc) is 2.89. The fourth-order valence-corrected chi connectivity index (χ4v) is 5.38. The van der Waals surface area contributed by atoms with Crippen LogP contribution < -0.4 is 5.56 Å². The van der Waals surface area contributed by atoms with E-state index in [9.17, 15) is 9.59 Å². The number of amides is 1. The molecule has 0 radical (unpaired) electrons. The molecular formula is C18H25N3O2S2. The Labute approximate surface area is 156 Å². The van der Waals surface area contributed by atoms with E-state index in [1.54, 1.807) is 15.9 Å². The zero-order chi connectivity index (χ0) is 18.1. The summed E-state index contributed by atoms with van der Waals surface area (Å²) in [6.07, 6.45) is 3.37. The number of thioether (sulfide) groups is 1. The fourth-order valence-electron chi connectivity index (χ4n) is 3.26. The lowest BCUT2D eigenvalue weighted by Gasteiger charge is -2.29. The first kappa shape index (κ1) is 18.5. The number of aromatic nitrogens is 2. The van der Waals surface area contributed by atoms with E-state index in [0.717, 1.165) is 46.6 Å². The molecule has 2 aromatic heterocycles. The second-order valence-corrected chi connectivity index (χ2v) is 9.06. The minimum Gasteiger partial charge on any atom is -0.342 e. The molecule has 0 N–H and O–H groups in total. The fraction of sp³-hybridized carbons (Fsp3) is 0.611. The lowest BCUT2D eigenvalue weighted by Crippen LogP contribution is -2.40. The van der Waals surface area contributed by atoms with E-state index in [0.29, 0.717) is 11.7 Å². The zero-order valence-electron chi connectivity index (χ0n) is 15.3. The third-order valence-corrected chi connectivity index (χ3v) is 7.05. The topological polar surface area (TPSA) is 55.2 Å². The van der Waals surface area contributed by atoms with Gasteiger partial charge in [0.2, 0.25) is 5.91 Å². The van der Waals surface area contributed by atoms with Crippen molar-refractivity contribution >= 4 is 39.2 Å². The molecule has 136 valence electrons. The number of rotatable bonds is 4. The Morgan fingerprint density at radius 3 is 2.60 bits per heavy atom. The molecule has 1 aliphatic heterocycles. The van der Waals surface area contributed by atoms with Gasteiger partial charge in [0.15, 0.2) is 5.16 Å². The molecule has 0 saturated carbocycles. The van der Waals surface area contributed by atoms with Crippen LogP contribution in [0.5, 0.6) is 0 Å². The molecular weight excluding hydrogens is 354 g/mol. The lowest BCUT2D eigenvalue weighted by molar-refractivity contribution is -0.131. The summed E-state index contributed by atoms with van der Waals surface area (Å²) >= 11 is 2.96. The van der Waals surface area contributed by atoms with Crippen molar-refractivity contribution in [1.82, 2.24) is 14.5 Å². The van der Waals surface area contributed by atoms with Crippen molar-refractivity contribution in [2.75, 3.05) is 13.1 Å². The van der Waals surface area contributed by atoms with Gasteiger partial charge in [-0.2, -0.15) is 0 Å². The summed E-state index contributed by atoms with van der Waals surface area (Å²) < 4.78 is 1.70. The Kier molecular flexibility index (Phi) is 5.53. The summed E-state index contributed by atoms with van der Waals surface area (Å²) in [4.78, 5) is 34.2. The van der Waals surface area contributed by atoms with Gasteiger partial charge in [-0.3, -0.25) is 14.2 Å². The van der Waals surface area contributed by atoms with Crippen LogP contribution in [0.15, 0.2) is 9.95 Å². The minimum atomic E-state index is -0.234. The highest BCUT2D eigenvalue weighted by atomic mass is 32.2. The summed E-state index contributed by atoms with van der Waals surface area (Å²) in [5.41, 5.74) is 1.03. The summed E-state index contributed by atoms with van der Waals surface area (Å²) in [6.45, 7) is 10.1. The number of hydrogen-bond donors (Lipinski definition) is 0. The van der Waals surface area contributed by atoms with Gasteiger partial charge < -0.3 is 4.90 Å². The molecule has 1 amide bonds. The number of fused-ring (bicyclic) bond motifs is 1. The molecule has 3 rings (SSSR count). The number of carbonyl (C=O) groups is 1. The molecule has 2 aromatic rings. The maximum absolute atomic E-state index is 12.9. The van der Waals surface area contributed by atoms with Gasteiger partial charge in [-0.1, -0.05) is 11.8 Å². The molecule has 1 aliphatic rings. The van der Waals surface area contributed by atoms with Crippen LogP contribution in [0, 0.1) is 13.8 Å². The Morgan fingerprint density at radius 2 is 1.96 bits per heavy atom. The number of hydrogen-bond acceptors (Lipinski definition) is 5. The first-order valence-corrected chi connectivity index (χ1v) is 10.6. The Morgan fingerprint density at radius 1 is 1.28 bits per heavy atom. The number of thiophene rings is 1. The van der Waals surface area contributed by atoms with E-state index >= 15 is 0 Å². The Balaban J connectivity index is 1.92. The van der Waals surface area contributed by atoms with E-state index in [1.165, 1.54) is 18.2 Å². The van der Waals surface area contributed by atoms with E-state index < -0.39 is 0 Å². The number of nitrogens with zero attached hydrogens (tertiary/aromatic N) is 3. The van der Waals surface area contributed by atoms with Crippen LogP contribution in [0.3, 0.4) is 0 Å². The van der Waals surface area contributed by atoms with Gasteiger partial charge in [-0.15, -0.1) is 11.3 Å². The number of aryl methyl sites for hydroxylation is 2. The molecule has 25 heavy (non-hydrogen) atoms. The van der Waals surface area contributed by atoms with Gasteiger partial charge in [-0.05, 0) is 52.5 Å². The predicted octanol–water partition coefficient (Wildman–Crippen LogP) is 3.59. The highest BCUT2D eigenvalue weighted by molar-refractivity contribution is 8.00. The number of carbonyl (C=O) groups excluding carboxylic acids is 1. The Hall–Kier alpha value is -1.34. The molecule has 1 atom stereocenters. The van der Waals surface area contributed by atoms with Gasteiger partial charge in [-0.25, -0.2) is 4.98 Å². The Bertz CT molecular complexity index is 850. The molecule has 0 spiro atoms. The summed E-state index contributed by atoms with van der Waals surface area (Å²) in [5, 5.41) is 1.14. The summed E-state index contributed by atoms with van der Waals surface area (Å²) in [5.74, 6) is 0.153. The SMILES string of the molecule is CCn1c(S[C@H](C)C(=O)N2CCCCC2)nc2sc(C)c(C)c2c1=O. The van der Waals surface area contributed by atoms with Crippen molar-refractivity contribution in [2.24, 2.45) is 0 Å². The minimum absolute atomic E-state index is 0.00877. The first-order chi connectivity index (χ1) is 11.9. The number of likely N-dealkylation sites (tertiary alicyclic amines) is 1. The van der Waals surface area contributed by atoms with Crippen molar-refractivity contribution in [2.45, 2.75) is 63.9 Å². The first-order valence-electron chi connectivity index (χ1n) is 8.90. The van der Waals surface area contributed by atoms with Gasteiger partial charge in [0, 0.05) is 24.5 Å². The van der Waals surface area contributed by atoms with Gasteiger partial charge in [0.25, 0.3) is 5.56 Å². The third-order valence-electron chi connectivity index (χ3n) is 4.87. The molecule has 3 heterocycles. The van der Waals surface area contributed by atoms with Crippen molar-refractivity contribution in [3.8, 4) is 0 Å². The van der Waals surface area contributed by atoms with Gasteiger partial charge >= 0.3 is 0 Å². The van der Waals surface area contributed by atoms with Crippen LogP contribution >= 0.6 is 23.1 Å². The van der Waals surface area contributed by atoms with E-state index in [4.69, 9.17) is 4.98 Å². The molecule has 5 nitrogen and oxygen atoms in total. The highest BCUT2D eigenvalue weighted by Crippen LogP contribution is 2.30. The van der Waals surface area contributed by atoms with Crippen molar-refractivity contribution in [1.29, 1.82) is 0 Å². The summed E-state index contributed by atoms with van der Waals surface area (Å²) in [7, 11) is 0. The van der Waals surface area contributed by atoms with E-state index in [-0.39, 0.29) is 16.7 Å². The smallest absolute Gasteiger partial charge is 0.263 e. The van der Waals surface area contributed by atoms with Crippen molar-refractivity contribution in [3.05, 3.63) is 20.8 Å². The molecule has 0 bridgehead atoms. The van der Waals surface area contributed by atoms with Gasteiger partial charge in [0.1, 0.15) is 4.83 Å². The molecule has 7 heteroatoms. The largest absolute Gasteiger partial charge is 0.342 e. The molecule has 1 fully saturated rings.